The molecule has 33 heavy (non-hydrogen) atoms. The summed E-state index contributed by atoms with van der Waals surface area (Å²) in [5, 5.41) is 1.28. The number of fused-ring (bicyclic) bond motifs is 1. The van der Waals surface area contributed by atoms with E-state index in [0.29, 0.717) is 37.6 Å². The molecule has 3 aromatic rings. The maximum Gasteiger partial charge on any atom is 0.243 e. The number of rotatable bonds is 5. The van der Waals surface area contributed by atoms with Gasteiger partial charge in [0, 0.05) is 37.2 Å². The van der Waals surface area contributed by atoms with Gasteiger partial charge in [0.05, 0.1) is 18.1 Å². The van der Waals surface area contributed by atoms with Crippen LogP contribution in [-0.4, -0.2) is 43.6 Å². The molecule has 6 heteroatoms. The van der Waals surface area contributed by atoms with Crippen LogP contribution in [0.5, 0.6) is 0 Å². The summed E-state index contributed by atoms with van der Waals surface area (Å²) in [6.45, 7) is 12.5. The minimum absolute atomic E-state index is 0.0158. The van der Waals surface area contributed by atoms with Gasteiger partial charge in [0.15, 0.2) is 0 Å². The molecule has 0 unspecified atom stereocenters. The van der Waals surface area contributed by atoms with Crippen molar-refractivity contribution in [1.82, 2.24) is 8.87 Å². The molecule has 1 fully saturated rings. The van der Waals surface area contributed by atoms with Crippen LogP contribution in [0.15, 0.2) is 47.5 Å². The van der Waals surface area contributed by atoms with E-state index >= 15 is 0 Å². The number of morpholine rings is 1. The van der Waals surface area contributed by atoms with Gasteiger partial charge >= 0.3 is 0 Å². The number of ether oxygens (including phenoxy) is 1. The van der Waals surface area contributed by atoms with Crippen molar-refractivity contribution in [2.24, 2.45) is 7.05 Å². The van der Waals surface area contributed by atoms with Crippen LogP contribution in [0, 0.1) is 0 Å². The molecule has 2 aromatic carbocycles. The molecule has 1 aromatic heterocycles. The SMILES string of the molecule is CC(C)c1ccc(Cc2cn(C)c3cccc(C(C)(C)C)c23)cc1S(=O)(=O)N1CCOCC1. The summed E-state index contributed by atoms with van der Waals surface area (Å²) in [5.41, 5.74) is 5.65. The molecule has 0 spiro atoms. The first-order valence-electron chi connectivity index (χ1n) is 11.8. The molecule has 0 atom stereocenters. The lowest BCUT2D eigenvalue weighted by Gasteiger charge is -2.27. The van der Waals surface area contributed by atoms with Gasteiger partial charge < -0.3 is 9.30 Å². The van der Waals surface area contributed by atoms with Crippen molar-refractivity contribution in [3.63, 3.8) is 0 Å². The van der Waals surface area contributed by atoms with Crippen molar-refractivity contribution in [2.75, 3.05) is 26.3 Å². The van der Waals surface area contributed by atoms with E-state index in [1.807, 2.05) is 26.0 Å². The highest BCUT2D eigenvalue weighted by Gasteiger charge is 2.29. The molecule has 1 aliphatic rings. The van der Waals surface area contributed by atoms with Crippen molar-refractivity contribution in [1.29, 1.82) is 0 Å². The summed E-state index contributed by atoms with van der Waals surface area (Å²) in [6, 6.07) is 12.5. The molecule has 0 bridgehead atoms. The van der Waals surface area contributed by atoms with Crippen LogP contribution < -0.4 is 0 Å². The predicted molar refractivity (Wildman–Crippen MR) is 135 cm³/mol. The number of aromatic nitrogens is 1. The lowest BCUT2D eigenvalue weighted by atomic mass is 9.83. The summed E-state index contributed by atoms with van der Waals surface area (Å²) in [6.07, 6.45) is 2.88. The summed E-state index contributed by atoms with van der Waals surface area (Å²) >= 11 is 0. The third-order valence-corrected chi connectivity index (χ3v) is 8.54. The Morgan fingerprint density at radius 1 is 1.06 bits per heavy atom. The number of sulfonamides is 1. The molecule has 178 valence electrons. The van der Waals surface area contributed by atoms with Gasteiger partial charge in [-0.25, -0.2) is 8.42 Å². The Kier molecular flexibility index (Phi) is 6.47. The van der Waals surface area contributed by atoms with Crippen LogP contribution in [0.2, 0.25) is 0 Å². The monoisotopic (exact) mass is 468 g/mol. The topological polar surface area (TPSA) is 51.5 Å². The van der Waals surface area contributed by atoms with Crippen LogP contribution >= 0.6 is 0 Å². The van der Waals surface area contributed by atoms with E-state index < -0.39 is 10.0 Å². The van der Waals surface area contributed by atoms with Gasteiger partial charge in [0.2, 0.25) is 10.0 Å². The Morgan fingerprint density at radius 3 is 2.39 bits per heavy atom. The maximum absolute atomic E-state index is 13.6. The quantitative estimate of drug-likeness (QED) is 0.516. The Bertz CT molecular complexity index is 1260. The summed E-state index contributed by atoms with van der Waals surface area (Å²) in [4.78, 5) is 0.438. The van der Waals surface area contributed by atoms with Gasteiger partial charge in [-0.1, -0.05) is 58.9 Å². The normalized spacial score (nSPS) is 16.1. The molecule has 1 aliphatic heterocycles. The van der Waals surface area contributed by atoms with Gasteiger partial charge in [-0.2, -0.15) is 4.31 Å². The van der Waals surface area contributed by atoms with Crippen molar-refractivity contribution in [2.45, 2.75) is 57.3 Å². The largest absolute Gasteiger partial charge is 0.379 e. The van der Waals surface area contributed by atoms with Crippen LogP contribution in [0.4, 0.5) is 0 Å². The smallest absolute Gasteiger partial charge is 0.243 e. The lowest BCUT2D eigenvalue weighted by molar-refractivity contribution is 0.0730. The Morgan fingerprint density at radius 2 is 1.76 bits per heavy atom. The number of aryl methyl sites for hydroxylation is 1. The van der Waals surface area contributed by atoms with E-state index in [4.69, 9.17) is 4.74 Å². The fourth-order valence-corrected chi connectivity index (χ4v) is 6.64. The zero-order valence-corrected chi connectivity index (χ0v) is 21.5. The third-order valence-electron chi connectivity index (χ3n) is 6.58. The highest BCUT2D eigenvalue weighted by Crippen LogP contribution is 2.35. The van der Waals surface area contributed by atoms with Crippen LogP contribution in [-0.2, 0) is 33.6 Å². The molecule has 0 N–H and O–H groups in total. The third kappa shape index (κ3) is 4.61. The van der Waals surface area contributed by atoms with E-state index in [9.17, 15) is 8.42 Å². The Labute approximate surface area is 198 Å². The second kappa shape index (κ2) is 8.90. The van der Waals surface area contributed by atoms with Crippen molar-refractivity contribution >= 4 is 20.9 Å². The number of nitrogens with zero attached hydrogens (tertiary/aromatic N) is 2. The average molecular weight is 469 g/mol. The van der Waals surface area contributed by atoms with Gasteiger partial charge in [-0.3, -0.25) is 0 Å². The molecule has 2 heterocycles. The molecular formula is C27H36N2O3S. The highest BCUT2D eigenvalue weighted by atomic mass is 32.2. The second-order valence-electron chi connectivity index (χ2n) is 10.4. The summed E-state index contributed by atoms with van der Waals surface area (Å²) < 4.78 is 36.3. The van der Waals surface area contributed by atoms with E-state index in [0.717, 1.165) is 11.1 Å². The molecule has 0 radical (unpaired) electrons. The highest BCUT2D eigenvalue weighted by molar-refractivity contribution is 7.89. The zero-order chi connectivity index (χ0) is 24.0. The molecular weight excluding hydrogens is 432 g/mol. The summed E-state index contributed by atoms with van der Waals surface area (Å²) in [5.74, 6) is 0.120. The minimum atomic E-state index is -3.57. The zero-order valence-electron chi connectivity index (χ0n) is 20.7. The number of hydrogen-bond acceptors (Lipinski definition) is 3. The van der Waals surface area contributed by atoms with Gasteiger partial charge in [-0.15, -0.1) is 0 Å². The predicted octanol–water partition coefficient (Wildman–Crippen LogP) is 5.21. The van der Waals surface area contributed by atoms with Crippen molar-refractivity contribution in [3.05, 3.63) is 64.8 Å². The average Bonchev–Trinajstić information content (AvgIpc) is 3.09. The first-order valence-corrected chi connectivity index (χ1v) is 13.2. The molecule has 5 nitrogen and oxygen atoms in total. The van der Waals surface area contributed by atoms with E-state index in [2.05, 4.69) is 62.8 Å². The number of hydrogen-bond donors (Lipinski definition) is 0. The lowest BCUT2D eigenvalue weighted by Crippen LogP contribution is -2.41. The van der Waals surface area contributed by atoms with Crippen LogP contribution in [0.25, 0.3) is 10.9 Å². The van der Waals surface area contributed by atoms with E-state index in [1.54, 1.807) is 4.31 Å². The Balaban J connectivity index is 1.81. The molecule has 4 rings (SSSR count). The molecule has 0 aliphatic carbocycles. The molecule has 1 saturated heterocycles. The van der Waals surface area contributed by atoms with Gasteiger partial charge in [0.25, 0.3) is 0 Å². The second-order valence-corrected chi connectivity index (χ2v) is 12.3. The fraction of sp³-hybridized carbons (Fsp3) is 0.481. The molecule has 0 amide bonds. The maximum atomic E-state index is 13.6. The van der Waals surface area contributed by atoms with Gasteiger partial charge in [-0.05, 0) is 52.1 Å². The fourth-order valence-electron chi connectivity index (χ4n) is 4.83. The Hall–Kier alpha value is -2.15. The van der Waals surface area contributed by atoms with Gasteiger partial charge in [0.1, 0.15) is 0 Å². The standard InChI is InChI=1S/C27H36N2O3S/c1-19(2)22-11-10-20(17-25(22)33(30,31)29-12-14-32-15-13-29)16-21-18-28(6)24-9-7-8-23(26(21)24)27(3,4)5/h7-11,17-19H,12-16H2,1-6H3. The van der Waals surface area contributed by atoms with E-state index in [1.165, 1.54) is 22.0 Å². The molecule has 0 saturated carbocycles. The summed E-state index contributed by atoms with van der Waals surface area (Å²) in [7, 11) is -1.50. The van der Waals surface area contributed by atoms with E-state index in [-0.39, 0.29) is 11.3 Å². The first-order chi connectivity index (χ1) is 15.5. The van der Waals surface area contributed by atoms with Crippen LogP contribution in [0.3, 0.4) is 0 Å². The minimum Gasteiger partial charge on any atom is -0.379 e. The van der Waals surface area contributed by atoms with Crippen LogP contribution in [0.1, 0.15) is 62.8 Å². The first kappa shape index (κ1) is 24.0. The number of benzene rings is 2. The van der Waals surface area contributed by atoms with Crippen molar-refractivity contribution < 1.29 is 13.2 Å². The van der Waals surface area contributed by atoms with Crippen molar-refractivity contribution in [3.8, 4) is 0 Å².